The number of carbonyl (C=O) groups excluding carboxylic acids is 1. The second-order valence-corrected chi connectivity index (χ2v) is 4.65. The van der Waals surface area contributed by atoms with Crippen molar-refractivity contribution in [2.45, 2.75) is 12.5 Å². The van der Waals surface area contributed by atoms with E-state index in [-0.39, 0.29) is 11.6 Å². The SMILES string of the molecule is N#Cc1cc(F)cc([C@@H]2CC=NN2C(=O)n2cccc2)c1. The van der Waals surface area contributed by atoms with Gasteiger partial charge in [0.05, 0.1) is 17.7 Å². The Bertz CT molecular complexity index is 746. The summed E-state index contributed by atoms with van der Waals surface area (Å²) in [5.41, 5.74) is 0.787. The first-order valence-corrected chi connectivity index (χ1v) is 6.38. The van der Waals surface area contributed by atoms with Crippen molar-refractivity contribution in [3.63, 3.8) is 0 Å². The Morgan fingerprint density at radius 3 is 2.81 bits per heavy atom. The minimum Gasteiger partial charge on any atom is -0.275 e. The third-order valence-corrected chi connectivity index (χ3v) is 3.29. The first-order chi connectivity index (χ1) is 10.2. The number of aromatic nitrogens is 1. The molecule has 3 rings (SSSR count). The van der Waals surface area contributed by atoms with E-state index in [9.17, 15) is 9.18 Å². The Hall–Kier alpha value is -2.94. The van der Waals surface area contributed by atoms with Gasteiger partial charge < -0.3 is 0 Å². The van der Waals surface area contributed by atoms with Gasteiger partial charge >= 0.3 is 6.03 Å². The normalized spacial score (nSPS) is 17.0. The highest BCUT2D eigenvalue weighted by Crippen LogP contribution is 2.30. The summed E-state index contributed by atoms with van der Waals surface area (Å²) < 4.78 is 15.0. The molecule has 0 fully saturated rings. The summed E-state index contributed by atoms with van der Waals surface area (Å²) in [4.78, 5) is 12.3. The highest BCUT2D eigenvalue weighted by atomic mass is 19.1. The molecule has 5 nitrogen and oxygen atoms in total. The van der Waals surface area contributed by atoms with Crippen molar-refractivity contribution in [3.05, 3.63) is 59.7 Å². The Kier molecular flexibility index (Phi) is 3.24. The molecule has 0 spiro atoms. The molecule has 1 aliphatic heterocycles. The van der Waals surface area contributed by atoms with E-state index < -0.39 is 11.9 Å². The number of benzene rings is 1. The van der Waals surface area contributed by atoms with Crippen molar-refractivity contribution in [3.8, 4) is 6.07 Å². The molecule has 1 aliphatic rings. The zero-order valence-electron chi connectivity index (χ0n) is 11.0. The van der Waals surface area contributed by atoms with Crippen LogP contribution in [0.5, 0.6) is 0 Å². The number of hydrogen-bond donors (Lipinski definition) is 0. The van der Waals surface area contributed by atoms with Crippen LogP contribution < -0.4 is 0 Å². The van der Waals surface area contributed by atoms with E-state index >= 15 is 0 Å². The van der Waals surface area contributed by atoms with Gasteiger partial charge in [-0.05, 0) is 35.9 Å². The highest BCUT2D eigenvalue weighted by Gasteiger charge is 2.29. The van der Waals surface area contributed by atoms with Gasteiger partial charge in [0.2, 0.25) is 0 Å². The average Bonchev–Trinajstić information content (AvgIpc) is 3.17. The van der Waals surface area contributed by atoms with E-state index in [4.69, 9.17) is 5.26 Å². The molecule has 0 saturated heterocycles. The van der Waals surface area contributed by atoms with Crippen LogP contribution in [0.1, 0.15) is 23.6 Å². The predicted octanol–water partition coefficient (Wildman–Crippen LogP) is 2.90. The number of amides is 1. The van der Waals surface area contributed by atoms with Crippen LogP contribution in [0, 0.1) is 17.1 Å². The molecule has 0 radical (unpaired) electrons. The van der Waals surface area contributed by atoms with E-state index in [2.05, 4.69) is 5.10 Å². The monoisotopic (exact) mass is 282 g/mol. The van der Waals surface area contributed by atoms with Gasteiger partial charge in [-0.2, -0.15) is 10.4 Å². The van der Waals surface area contributed by atoms with Crippen LogP contribution in [0.25, 0.3) is 0 Å². The second-order valence-electron chi connectivity index (χ2n) is 4.65. The summed E-state index contributed by atoms with van der Waals surface area (Å²) in [6.45, 7) is 0. The highest BCUT2D eigenvalue weighted by molar-refractivity contribution is 5.80. The summed E-state index contributed by atoms with van der Waals surface area (Å²) in [6.07, 6.45) is 5.35. The molecule has 0 bridgehead atoms. The molecule has 0 unspecified atom stereocenters. The van der Waals surface area contributed by atoms with E-state index in [1.165, 1.54) is 15.6 Å². The first-order valence-electron chi connectivity index (χ1n) is 6.38. The minimum atomic E-state index is -0.496. The summed E-state index contributed by atoms with van der Waals surface area (Å²) in [5, 5.41) is 14.3. The number of hydrogen-bond acceptors (Lipinski definition) is 3. The third-order valence-electron chi connectivity index (χ3n) is 3.29. The van der Waals surface area contributed by atoms with Crippen molar-refractivity contribution < 1.29 is 9.18 Å². The number of rotatable bonds is 1. The van der Waals surface area contributed by atoms with Gasteiger partial charge in [-0.1, -0.05) is 0 Å². The molecular formula is C15H11FN4O. The molecule has 0 saturated carbocycles. The molecule has 1 aromatic carbocycles. The Morgan fingerprint density at radius 1 is 1.33 bits per heavy atom. The lowest BCUT2D eigenvalue weighted by Crippen LogP contribution is -2.30. The molecular weight excluding hydrogens is 271 g/mol. The van der Waals surface area contributed by atoms with Gasteiger partial charge in [-0.3, -0.25) is 4.57 Å². The van der Waals surface area contributed by atoms with Crippen LogP contribution in [0.2, 0.25) is 0 Å². The van der Waals surface area contributed by atoms with E-state index in [0.29, 0.717) is 12.0 Å². The van der Waals surface area contributed by atoms with E-state index in [1.807, 2.05) is 6.07 Å². The smallest absolute Gasteiger partial charge is 0.275 e. The third kappa shape index (κ3) is 2.41. The van der Waals surface area contributed by atoms with Crippen molar-refractivity contribution in [1.29, 1.82) is 5.26 Å². The Morgan fingerprint density at radius 2 is 2.10 bits per heavy atom. The Labute approximate surface area is 120 Å². The second kappa shape index (κ2) is 5.21. The standard InChI is InChI=1S/C15H11FN4O/c16-13-8-11(10-17)7-12(9-13)14-3-4-18-20(14)15(21)19-5-1-2-6-19/h1-2,4-9,14H,3H2/t14-/m0/s1. The number of carbonyl (C=O) groups is 1. The van der Waals surface area contributed by atoms with Gasteiger partial charge in [0, 0.05) is 25.0 Å². The fraction of sp³-hybridized carbons (Fsp3) is 0.133. The first kappa shape index (κ1) is 13.1. The fourth-order valence-electron chi connectivity index (χ4n) is 2.32. The maximum atomic E-state index is 13.6. The van der Waals surface area contributed by atoms with Crippen molar-refractivity contribution in [2.75, 3.05) is 0 Å². The summed E-state index contributed by atoms with van der Waals surface area (Å²) in [5.74, 6) is -0.496. The molecule has 0 N–H and O–H groups in total. The van der Waals surface area contributed by atoms with Gasteiger partial charge in [-0.25, -0.2) is 14.2 Å². The lowest BCUT2D eigenvalue weighted by Gasteiger charge is -2.22. The predicted molar refractivity (Wildman–Crippen MR) is 74.0 cm³/mol. The largest absolute Gasteiger partial charge is 0.349 e. The maximum Gasteiger partial charge on any atom is 0.349 e. The van der Waals surface area contributed by atoms with Gasteiger partial charge in [0.1, 0.15) is 5.82 Å². The molecule has 0 aliphatic carbocycles. The summed E-state index contributed by atoms with van der Waals surface area (Å²) in [6, 6.07) is 8.75. The molecule has 21 heavy (non-hydrogen) atoms. The van der Waals surface area contributed by atoms with Crippen LogP contribution in [-0.2, 0) is 0 Å². The number of nitrogens with zero attached hydrogens (tertiary/aromatic N) is 4. The van der Waals surface area contributed by atoms with Crippen LogP contribution in [0.3, 0.4) is 0 Å². The maximum absolute atomic E-state index is 13.6. The lowest BCUT2D eigenvalue weighted by molar-refractivity contribution is 0.188. The number of nitriles is 1. The number of halogens is 1. The fourth-order valence-corrected chi connectivity index (χ4v) is 2.32. The molecule has 2 heterocycles. The van der Waals surface area contributed by atoms with Gasteiger partial charge in [0.25, 0.3) is 0 Å². The molecule has 1 aromatic heterocycles. The zero-order valence-corrected chi connectivity index (χ0v) is 11.0. The van der Waals surface area contributed by atoms with Gasteiger partial charge in [-0.15, -0.1) is 0 Å². The van der Waals surface area contributed by atoms with Crippen LogP contribution in [0.15, 0.2) is 47.8 Å². The molecule has 2 aromatic rings. The quantitative estimate of drug-likeness (QED) is 0.807. The minimum absolute atomic E-state index is 0.227. The number of hydrazone groups is 1. The molecule has 1 amide bonds. The van der Waals surface area contributed by atoms with Gasteiger partial charge in [0.15, 0.2) is 0 Å². The lowest BCUT2D eigenvalue weighted by atomic mass is 10.0. The van der Waals surface area contributed by atoms with Crippen molar-refractivity contribution in [2.24, 2.45) is 5.10 Å². The van der Waals surface area contributed by atoms with E-state index in [1.54, 1.807) is 36.8 Å². The van der Waals surface area contributed by atoms with Crippen LogP contribution in [-0.4, -0.2) is 21.8 Å². The van der Waals surface area contributed by atoms with Crippen molar-refractivity contribution >= 4 is 12.2 Å². The van der Waals surface area contributed by atoms with Crippen molar-refractivity contribution in [1.82, 2.24) is 9.58 Å². The van der Waals surface area contributed by atoms with Crippen LogP contribution in [0.4, 0.5) is 9.18 Å². The summed E-state index contributed by atoms with van der Waals surface area (Å²) in [7, 11) is 0. The Balaban J connectivity index is 1.94. The topological polar surface area (TPSA) is 61.4 Å². The van der Waals surface area contributed by atoms with Crippen LogP contribution >= 0.6 is 0 Å². The average molecular weight is 282 g/mol. The molecule has 6 heteroatoms. The molecule has 1 atom stereocenters. The zero-order chi connectivity index (χ0) is 14.8. The molecule has 104 valence electrons. The van der Waals surface area contributed by atoms with E-state index in [0.717, 1.165) is 6.07 Å². The summed E-state index contributed by atoms with van der Waals surface area (Å²) >= 11 is 0.